The van der Waals surface area contributed by atoms with Gasteiger partial charge in [-0.1, -0.05) is 55.2 Å². The van der Waals surface area contributed by atoms with Gasteiger partial charge in [0.05, 0.1) is 16.5 Å². The number of hydrogen-bond donors (Lipinski definition) is 3. The lowest BCUT2D eigenvalue weighted by Gasteiger charge is -2.30. The minimum absolute atomic E-state index is 0.00914. The number of aliphatic carboxylic acids is 1. The van der Waals surface area contributed by atoms with Crippen molar-refractivity contribution in [3.05, 3.63) is 81.4 Å². The van der Waals surface area contributed by atoms with Crippen LogP contribution in [-0.4, -0.2) is 61.3 Å². The van der Waals surface area contributed by atoms with Crippen molar-refractivity contribution in [1.29, 1.82) is 0 Å². The maximum absolute atomic E-state index is 13.0. The number of thiazole rings is 1. The van der Waals surface area contributed by atoms with E-state index >= 15 is 0 Å². The highest BCUT2D eigenvalue weighted by atomic mass is 32.2. The van der Waals surface area contributed by atoms with Crippen LogP contribution in [0.1, 0.15) is 43.7 Å². The van der Waals surface area contributed by atoms with E-state index in [1.165, 1.54) is 5.56 Å². The molecule has 0 bridgehead atoms. The molecule has 2 heterocycles. The number of amides is 1. The van der Waals surface area contributed by atoms with E-state index in [2.05, 4.69) is 62.5 Å². The molecule has 2 aromatic carbocycles. The average molecular weight is 773 g/mol. The second-order valence-corrected chi connectivity index (χ2v) is 18.5. The molecule has 0 unspecified atom stereocenters. The second kappa shape index (κ2) is 16.1. The number of thioether (sulfide) groups is 3. The molecule has 5 rings (SSSR count). The molecule has 2 aliphatic rings. The van der Waals surface area contributed by atoms with Gasteiger partial charge in [-0.05, 0) is 91.2 Å². The fourth-order valence-electron chi connectivity index (χ4n) is 6.16. The van der Waals surface area contributed by atoms with Crippen molar-refractivity contribution in [2.75, 3.05) is 36.3 Å². The molecule has 1 amide bonds. The standard InChI is InChI=1S/C36H41N3O6S5/c1-23-14-30-28(18-29(23)47-5)39(22-35(41)42)33(48-30)9-6-8-24-15-25(20-36(2,3)19-24)16-34-38(21-32(40)37-12-7-13-50(43,44)45)27-11-10-26(46-4)17-31(27)49-34/h6,8-11,14-18H,7,12-13,19-22H2,1-5H3,(H2-,37,40,41,42,43,44,45)/p+1. The molecule has 1 aromatic heterocycles. The highest BCUT2D eigenvalue weighted by Gasteiger charge is 2.29. The predicted molar refractivity (Wildman–Crippen MR) is 208 cm³/mol. The molecule has 1 aliphatic heterocycles. The summed E-state index contributed by atoms with van der Waals surface area (Å²) < 4.78 is 34.2. The van der Waals surface area contributed by atoms with Crippen LogP contribution in [0.3, 0.4) is 0 Å². The Hall–Kier alpha value is -3.01. The fraction of sp³-hybridized carbons (Fsp3) is 0.361. The third-order valence-corrected chi connectivity index (χ3v) is 12.9. The summed E-state index contributed by atoms with van der Waals surface area (Å²) in [6.07, 6.45) is 16.4. The number of carbonyl (C=O) groups excluding carboxylic acids is 1. The molecule has 9 nitrogen and oxygen atoms in total. The molecule has 0 saturated carbocycles. The number of carboxylic acids is 1. The average Bonchev–Trinajstić information content (AvgIpc) is 3.52. The van der Waals surface area contributed by atoms with Crippen LogP contribution in [0.5, 0.6) is 0 Å². The monoisotopic (exact) mass is 772 g/mol. The quantitative estimate of drug-likeness (QED) is 0.0694. The maximum atomic E-state index is 13.0. The molecule has 0 radical (unpaired) electrons. The Labute approximate surface area is 310 Å². The Morgan fingerprint density at radius 2 is 1.92 bits per heavy atom. The molecule has 0 atom stereocenters. The van der Waals surface area contributed by atoms with Gasteiger partial charge < -0.3 is 15.3 Å². The number of carboxylic acid groups (broad SMARTS) is 1. The Morgan fingerprint density at radius 3 is 2.62 bits per heavy atom. The highest BCUT2D eigenvalue weighted by Crippen LogP contribution is 2.48. The van der Waals surface area contributed by atoms with Gasteiger partial charge in [0.25, 0.3) is 21.0 Å². The normalized spacial score (nSPS) is 17.6. The van der Waals surface area contributed by atoms with E-state index in [0.717, 1.165) is 64.6 Å². The van der Waals surface area contributed by atoms with Crippen LogP contribution >= 0.6 is 46.6 Å². The van der Waals surface area contributed by atoms with Crippen molar-refractivity contribution in [2.24, 2.45) is 5.41 Å². The van der Waals surface area contributed by atoms with Gasteiger partial charge in [-0.25, -0.2) is 0 Å². The zero-order valence-corrected chi connectivity index (χ0v) is 32.8. The summed E-state index contributed by atoms with van der Waals surface area (Å²) in [5, 5.41) is 14.3. The van der Waals surface area contributed by atoms with E-state index in [1.54, 1.807) is 46.6 Å². The summed E-state index contributed by atoms with van der Waals surface area (Å²) in [5.74, 6) is -1.53. The summed E-state index contributed by atoms with van der Waals surface area (Å²) in [5.41, 5.74) is 5.32. The number of rotatable bonds is 13. The molecule has 50 heavy (non-hydrogen) atoms. The molecule has 14 heteroatoms. The smallest absolute Gasteiger partial charge is 0.323 e. The van der Waals surface area contributed by atoms with Crippen molar-refractivity contribution >= 4 is 90.6 Å². The predicted octanol–water partition coefficient (Wildman–Crippen LogP) is 7.56. The number of benzene rings is 2. The summed E-state index contributed by atoms with van der Waals surface area (Å²) >= 11 is 6.52. The summed E-state index contributed by atoms with van der Waals surface area (Å²) in [7, 11) is -4.08. The lowest BCUT2D eigenvalue weighted by molar-refractivity contribution is -0.655. The Morgan fingerprint density at radius 1 is 1.14 bits per heavy atom. The number of allylic oxidation sites excluding steroid dienone is 6. The van der Waals surface area contributed by atoms with Crippen LogP contribution in [0.4, 0.5) is 5.69 Å². The number of fused-ring (bicyclic) bond motifs is 2. The molecule has 3 aromatic rings. The van der Waals surface area contributed by atoms with E-state index in [0.29, 0.717) is 0 Å². The SMILES string of the molecule is CSc1ccc2c(c1)sc(C=C1C=C(C=CC=C3Sc4cc(C)c(SC)cc4N3CC(=O)O)CC(C)(C)C1)[n+]2CC(=O)NCCCS(=O)(=O)O. The number of nitrogens with one attached hydrogen (secondary N) is 1. The summed E-state index contributed by atoms with van der Waals surface area (Å²) in [6, 6.07) is 10.4. The van der Waals surface area contributed by atoms with Gasteiger partial charge in [0.1, 0.15) is 11.2 Å². The minimum Gasteiger partial charge on any atom is -0.480 e. The first kappa shape index (κ1) is 38.2. The minimum atomic E-state index is -4.08. The van der Waals surface area contributed by atoms with E-state index in [-0.39, 0.29) is 37.4 Å². The number of aromatic nitrogens is 1. The van der Waals surface area contributed by atoms with Gasteiger partial charge in [-0.15, -0.1) is 23.5 Å². The number of nitrogens with zero attached hydrogens (tertiary/aromatic N) is 2. The summed E-state index contributed by atoms with van der Waals surface area (Å²) in [4.78, 5) is 30.0. The van der Waals surface area contributed by atoms with E-state index in [9.17, 15) is 23.1 Å². The molecule has 0 fully saturated rings. The van der Waals surface area contributed by atoms with Crippen molar-refractivity contribution in [2.45, 2.75) is 61.3 Å². The van der Waals surface area contributed by atoms with Crippen LogP contribution in [-0.2, 0) is 26.3 Å². The topological polar surface area (TPSA) is 128 Å². The maximum Gasteiger partial charge on any atom is 0.323 e. The van der Waals surface area contributed by atoms with Crippen LogP contribution in [0, 0.1) is 12.3 Å². The first-order valence-corrected chi connectivity index (χ1v) is 21.7. The van der Waals surface area contributed by atoms with Gasteiger partial charge in [0.2, 0.25) is 12.1 Å². The zero-order valence-electron chi connectivity index (χ0n) is 28.7. The van der Waals surface area contributed by atoms with Gasteiger partial charge in [-0.2, -0.15) is 13.0 Å². The fourth-order valence-corrected chi connectivity index (χ4v) is 10.1. The number of aryl methyl sites for hydroxylation is 1. The highest BCUT2D eigenvalue weighted by molar-refractivity contribution is 8.03. The largest absolute Gasteiger partial charge is 0.480 e. The van der Waals surface area contributed by atoms with Crippen molar-refractivity contribution in [3.8, 4) is 0 Å². The van der Waals surface area contributed by atoms with Gasteiger partial charge in [-0.3, -0.25) is 14.1 Å². The van der Waals surface area contributed by atoms with E-state index in [4.69, 9.17) is 4.55 Å². The molecular formula is C36H42N3O6S5+. The van der Waals surface area contributed by atoms with Crippen molar-refractivity contribution < 1.29 is 32.2 Å². The van der Waals surface area contributed by atoms with Crippen molar-refractivity contribution in [1.82, 2.24) is 5.32 Å². The van der Waals surface area contributed by atoms with Crippen LogP contribution < -0.4 is 14.8 Å². The lowest BCUT2D eigenvalue weighted by Crippen LogP contribution is -2.44. The molecule has 0 saturated heterocycles. The number of anilines is 1. The number of carbonyl (C=O) groups is 2. The third kappa shape index (κ3) is 9.86. The molecule has 266 valence electrons. The Kier molecular flexibility index (Phi) is 12.3. The molecule has 0 spiro atoms. The Balaban J connectivity index is 1.43. The third-order valence-electron chi connectivity index (χ3n) is 8.28. The van der Waals surface area contributed by atoms with Gasteiger partial charge >= 0.3 is 5.97 Å². The summed E-state index contributed by atoms with van der Waals surface area (Å²) in [6.45, 7) is 6.67. The van der Waals surface area contributed by atoms with Crippen LogP contribution in [0.15, 0.2) is 85.5 Å². The van der Waals surface area contributed by atoms with Gasteiger partial charge in [0, 0.05) is 33.4 Å². The first-order valence-electron chi connectivity index (χ1n) is 16.0. The van der Waals surface area contributed by atoms with Crippen LogP contribution in [0.25, 0.3) is 16.3 Å². The van der Waals surface area contributed by atoms with Crippen molar-refractivity contribution in [3.63, 3.8) is 0 Å². The van der Waals surface area contributed by atoms with E-state index in [1.807, 2.05) is 46.3 Å². The lowest BCUT2D eigenvalue weighted by atomic mass is 9.75. The molecule has 3 N–H and O–H groups in total. The zero-order chi connectivity index (χ0) is 36.2. The first-order chi connectivity index (χ1) is 23.6. The van der Waals surface area contributed by atoms with Crippen LogP contribution in [0.2, 0.25) is 0 Å². The van der Waals surface area contributed by atoms with E-state index < -0.39 is 21.8 Å². The second-order valence-electron chi connectivity index (χ2n) is 13.0. The molecule has 1 aliphatic carbocycles. The Bertz CT molecular complexity index is 2050. The van der Waals surface area contributed by atoms with Gasteiger partial charge in [0.15, 0.2) is 0 Å². The number of hydrogen-bond acceptors (Lipinski definition) is 9. The molecular weight excluding hydrogens is 731 g/mol.